The monoisotopic (exact) mass is 309 g/mol. The predicted octanol–water partition coefficient (Wildman–Crippen LogP) is 3.19. The van der Waals surface area contributed by atoms with Gasteiger partial charge in [0.1, 0.15) is 17.8 Å². The number of nitro benzene ring substituents is 1. The van der Waals surface area contributed by atoms with Crippen LogP contribution in [0.15, 0.2) is 48.8 Å². The Balaban J connectivity index is 2.00. The molecular formula is C16H15N5O2. The Kier molecular flexibility index (Phi) is 4.01. The third-order valence-electron chi connectivity index (χ3n) is 3.52. The normalized spacial score (nSPS) is 10.5. The molecule has 0 spiro atoms. The maximum Gasteiger partial charge on any atom is 0.293 e. The molecule has 3 rings (SSSR count). The van der Waals surface area contributed by atoms with Crippen molar-refractivity contribution in [3.8, 4) is 0 Å². The Labute approximate surface area is 132 Å². The van der Waals surface area contributed by atoms with Gasteiger partial charge in [-0.3, -0.25) is 10.1 Å². The molecule has 0 saturated heterocycles. The highest BCUT2D eigenvalue weighted by Gasteiger charge is 2.16. The summed E-state index contributed by atoms with van der Waals surface area (Å²) in [5, 5.41) is 17.9. The summed E-state index contributed by atoms with van der Waals surface area (Å²) < 4.78 is 0. The number of anilines is 2. The highest BCUT2D eigenvalue weighted by Crippen LogP contribution is 2.31. The lowest BCUT2D eigenvalue weighted by Crippen LogP contribution is -2.03. The lowest BCUT2D eigenvalue weighted by atomic mass is 10.1. The molecule has 3 aromatic rings. The van der Waals surface area contributed by atoms with Gasteiger partial charge in [0, 0.05) is 25.0 Å². The first-order valence-electron chi connectivity index (χ1n) is 7.07. The van der Waals surface area contributed by atoms with Crippen molar-refractivity contribution in [3.63, 3.8) is 0 Å². The number of nitrogens with one attached hydrogen (secondary N) is 2. The van der Waals surface area contributed by atoms with Crippen LogP contribution in [0.1, 0.15) is 5.56 Å². The average Bonchev–Trinajstić information content (AvgIpc) is 2.59. The van der Waals surface area contributed by atoms with E-state index in [2.05, 4.69) is 20.6 Å². The van der Waals surface area contributed by atoms with Gasteiger partial charge in [0.2, 0.25) is 0 Å². The highest BCUT2D eigenvalue weighted by molar-refractivity contribution is 5.94. The zero-order valence-electron chi connectivity index (χ0n) is 12.5. The maximum absolute atomic E-state index is 11.2. The fourth-order valence-electron chi connectivity index (χ4n) is 2.37. The molecule has 116 valence electrons. The van der Waals surface area contributed by atoms with Gasteiger partial charge in [0.05, 0.1) is 10.4 Å². The zero-order chi connectivity index (χ0) is 16.2. The van der Waals surface area contributed by atoms with Crippen LogP contribution in [0.2, 0.25) is 0 Å². The van der Waals surface area contributed by atoms with Crippen LogP contribution in [-0.2, 0) is 6.54 Å². The van der Waals surface area contributed by atoms with E-state index in [9.17, 15) is 10.1 Å². The Morgan fingerprint density at radius 2 is 1.96 bits per heavy atom. The lowest BCUT2D eigenvalue weighted by molar-refractivity contribution is -0.383. The molecule has 1 heterocycles. The van der Waals surface area contributed by atoms with E-state index in [1.54, 1.807) is 13.1 Å². The largest absolute Gasteiger partial charge is 0.383 e. The van der Waals surface area contributed by atoms with Crippen molar-refractivity contribution in [2.45, 2.75) is 6.54 Å². The van der Waals surface area contributed by atoms with E-state index in [0.29, 0.717) is 29.0 Å². The van der Waals surface area contributed by atoms with Crippen LogP contribution >= 0.6 is 0 Å². The molecule has 0 saturated carbocycles. The fraction of sp³-hybridized carbons (Fsp3) is 0.125. The number of hydrogen-bond donors (Lipinski definition) is 2. The van der Waals surface area contributed by atoms with Gasteiger partial charge in [0.25, 0.3) is 5.69 Å². The summed E-state index contributed by atoms with van der Waals surface area (Å²) in [5.41, 5.74) is 2.17. The van der Waals surface area contributed by atoms with Crippen LogP contribution in [0.25, 0.3) is 10.9 Å². The van der Waals surface area contributed by atoms with Crippen LogP contribution in [0.3, 0.4) is 0 Å². The van der Waals surface area contributed by atoms with Crippen molar-refractivity contribution in [2.24, 2.45) is 0 Å². The van der Waals surface area contributed by atoms with Gasteiger partial charge < -0.3 is 10.6 Å². The Hall–Kier alpha value is -3.22. The van der Waals surface area contributed by atoms with Crippen molar-refractivity contribution >= 4 is 28.1 Å². The summed E-state index contributed by atoms with van der Waals surface area (Å²) in [6.45, 7) is 0.578. The smallest absolute Gasteiger partial charge is 0.293 e. The molecule has 7 nitrogen and oxygen atoms in total. The topological polar surface area (TPSA) is 93.0 Å². The van der Waals surface area contributed by atoms with Crippen LogP contribution in [0.5, 0.6) is 0 Å². The molecular weight excluding hydrogens is 294 g/mol. The van der Waals surface area contributed by atoms with Crippen LogP contribution in [0, 0.1) is 10.1 Å². The summed E-state index contributed by atoms with van der Waals surface area (Å²) in [5.74, 6) is 0.574. The van der Waals surface area contributed by atoms with E-state index in [4.69, 9.17) is 0 Å². The third kappa shape index (κ3) is 3.03. The summed E-state index contributed by atoms with van der Waals surface area (Å²) >= 11 is 0. The molecule has 0 aliphatic heterocycles. The average molecular weight is 309 g/mol. The first-order chi connectivity index (χ1) is 11.2. The molecule has 0 radical (unpaired) electrons. The van der Waals surface area contributed by atoms with Gasteiger partial charge in [-0.25, -0.2) is 9.97 Å². The van der Waals surface area contributed by atoms with Gasteiger partial charge in [-0.05, 0) is 11.6 Å². The van der Waals surface area contributed by atoms with Gasteiger partial charge in [-0.15, -0.1) is 0 Å². The van der Waals surface area contributed by atoms with Gasteiger partial charge >= 0.3 is 0 Å². The van der Waals surface area contributed by atoms with E-state index >= 15 is 0 Å². The second-order valence-electron chi connectivity index (χ2n) is 4.96. The van der Waals surface area contributed by atoms with E-state index in [1.807, 2.05) is 30.3 Å². The van der Waals surface area contributed by atoms with Crippen molar-refractivity contribution in [1.29, 1.82) is 0 Å². The first-order valence-corrected chi connectivity index (χ1v) is 7.07. The van der Waals surface area contributed by atoms with Gasteiger partial charge in [0.15, 0.2) is 0 Å². The molecule has 0 aliphatic carbocycles. The minimum atomic E-state index is -0.417. The number of nitrogens with zero attached hydrogens (tertiary/aromatic N) is 3. The molecule has 1 aromatic heterocycles. The Morgan fingerprint density at radius 1 is 1.17 bits per heavy atom. The molecule has 23 heavy (non-hydrogen) atoms. The lowest BCUT2D eigenvalue weighted by Gasteiger charge is -2.10. The van der Waals surface area contributed by atoms with Gasteiger partial charge in [-0.2, -0.15) is 0 Å². The molecule has 0 aliphatic rings. The zero-order valence-corrected chi connectivity index (χ0v) is 12.5. The summed E-state index contributed by atoms with van der Waals surface area (Å²) in [7, 11) is 1.64. The minimum absolute atomic E-state index is 0.00226. The fourth-order valence-corrected chi connectivity index (χ4v) is 2.37. The quantitative estimate of drug-likeness (QED) is 0.555. The number of rotatable bonds is 5. The summed E-state index contributed by atoms with van der Waals surface area (Å²) in [4.78, 5) is 19.2. The first kappa shape index (κ1) is 14.7. The summed E-state index contributed by atoms with van der Waals surface area (Å²) in [6.07, 6.45) is 1.45. The molecule has 0 unspecified atom stereocenters. The predicted molar refractivity (Wildman–Crippen MR) is 89.5 cm³/mol. The molecule has 0 amide bonds. The molecule has 0 bridgehead atoms. The maximum atomic E-state index is 11.2. The van der Waals surface area contributed by atoms with Gasteiger partial charge in [-0.1, -0.05) is 30.3 Å². The van der Waals surface area contributed by atoms with Crippen molar-refractivity contribution < 1.29 is 4.92 Å². The second kappa shape index (κ2) is 6.27. The van der Waals surface area contributed by atoms with Crippen molar-refractivity contribution in [2.75, 3.05) is 17.7 Å². The number of benzene rings is 2. The number of hydrogen-bond acceptors (Lipinski definition) is 6. The molecule has 7 heteroatoms. The van der Waals surface area contributed by atoms with E-state index < -0.39 is 4.92 Å². The second-order valence-corrected chi connectivity index (χ2v) is 4.96. The molecule has 0 fully saturated rings. The molecule has 2 N–H and O–H groups in total. The number of nitro groups is 1. The number of aromatic nitrogens is 2. The van der Waals surface area contributed by atoms with E-state index in [0.717, 1.165) is 5.56 Å². The van der Waals surface area contributed by atoms with Crippen LogP contribution < -0.4 is 10.6 Å². The van der Waals surface area contributed by atoms with E-state index in [1.165, 1.54) is 12.4 Å². The standard InChI is InChI=1S/C16H15N5O2/c1-17-14-8-13-12(7-15(14)21(22)23)16(20-10-19-13)18-9-11-5-3-2-4-6-11/h2-8,10,17H,9H2,1H3,(H,18,19,20). The Morgan fingerprint density at radius 3 is 2.65 bits per heavy atom. The summed E-state index contributed by atoms with van der Waals surface area (Å²) in [6, 6.07) is 13.0. The number of fused-ring (bicyclic) bond motifs is 1. The van der Waals surface area contributed by atoms with Crippen molar-refractivity contribution in [3.05, 3.63) is 64.5 Å². The molecule has 2 aromatic carbocycles. The van der Waals surface area contributed by atoms with E-state index in [-0.39, 0.29) is 5.69 Å². The molecule has 0 atom stereocenters. The minimum Gasteiger partial charge on any atom is -0.383 e. The Bertz CT molecular complexity index is 852. The van der Waals surface area contributed by atoms with Crippen molar-refractivity contribution in [1.82, 2.24) is 9.97 Å². The highest BCUT2D eigenvalue weighted by atomic mass is 16.6. The SMILES string of the molecule is CNc1cc2ncnc(NCc3ccccc3)c2cc1[N+](=O)[O-]. The third-order valence-corrected chi connectivity index (χ3v) is 3.52. The van der Waals surface area contributed by atoms with Crippen LogP contribution in [-0.4, -0.2) is 21.9 Å². The van der Waals surface area contributed by atoms with Crippen LogP contribution in [0.4, 0.5) is 17.2 Å².